The molecule has 2 N–H and O–H groups in total. The molecule has 0 amide bonds. The number of ether oxygens (including phenoxy) is 1. The van der Waals surface area contributed by atoms with Crippen molar-refractivity contribution in [3.05, 3.63) is 24.3 Å². The van der Waals surface area contributed by atoms with E-state index in [1.807, 2.05) is 29.2 Å². The first-order chi connectivity index (χ1) is 10.3. The highest BCUT2D eigenvalue weighted by molar-refractivity contribution is 6.46. The summed E-state index contributed by atoms with van der Waals surface area (Å²) in [5.74, 6) is 0.822. The van der Waals surface area contributed by atoms with Crippen molar-refractivity contribution in [3.8, 4) is 11.8 Å². The van der Waals surface area contributed by atoms with E-state index in [2.05, 4.69) is 10.5 Å². The lowest BCUT2D eigenvalue weighted by Gasteiger charge is -2.27. The second-order valence-electron chi connectivity index (χ2n) is 4.78. The number of hydrazone groups is 1. The Morgan fingerprint density at radius 1 is 1.33 bits per heavy atom. The molecule has 0 spiro atoms. The molecule has 1 aromatic rings. The Hall–Kier alpha value is -2.55. The Morgan fingerprint density at radius 3 is 2.71 bits per heavy atom. The molecule has 6 nitrogen and oxygen atoms in total. The van der Waals surface area contributed by atoms with Gasteiger partial charge < -0.3 is 9.64 Å². The minimum atomic E-state index is 0.0859. The third-order valence-electron chi connectivity index (χ3n) is 3.40. The molecule has 0 aromatic heterocycles. The molecule has 0 bridgehead atoms. The number of hydrogen-bond acceptors (Lipinski definition) is 5. The average Bonchev–Trinajstić information content (AvgIpc) is 2.56. The van der Waals surface area contributed by atoms with Gasteiger partial charge in [-0.25, -0.2) is 0 Å². The smallest absolute Gasteiger partial charge is 0.202 e. The zero-order chi connectivity index (χ0) is 15.1. The molecule has 1 aliphatic heterocycles. The molecule has 1 aliphatic rings. The average molecular weight is 285 g/mol. The minimum Gasteiger partial charge on any atom is -0.495 e. The number of para-hydroxylation sites is 2. The SMILES string of the molecule is COc1ccccc1N/N=C(/C#N)C(=N)N1CCCCC1. The lowest BCUT2D eigenvalue weighted by molar-refractivity contribution is 0.344. The van der Waals surface area contributed by atoms with E-state index in [-0.39, 0.29) is 11.5 Å². The van der Waals surface area contributed by atoms with Crippen molar-refractivity contribution < 1.29 is 4.74 Å². The van der Waals surface area contributed by atoms with Gasteiger partial charge in [-0.1, -0.05) is 12.1 Å². The number of nitriles is 1. The number of amidine groups is 1. The fourth-order valence-corrected chi connectivity index (χ4v) is 2.25. The second kappa shape index (κ2) is 7.29. The molecular formula is C15H19N5O. The van der Waals surface area contributed by atoms with Crippen molar-refractivity contribution >= 4 is 17.2 Å². The van der Waals surface area contributed by atoms with Crippen LogP contribution in [0.2, 0.25) is 0 Å². The van der Waals surface area contributed by atoms with Gasteiger partial charge in [-0.05, 0) is 31.4 Å². The maximum absolute atomic E-state index is 9.21. The van der Waals surface area contributed by atoms with Crippen LogP contribution in [-0.4, -0.2) is 36.6 Å². The van der Waals surface area contributed by atoms with Crippen molar-refractivity contribution in [2.75, 3.05) is 25.6 Å². The van der Waals surface area contributed by atoms with Crippen LogP contribution in [-0.2, 0) is 0 Å². The van der Waals surface area contributed by atoms with Crippen LogP contribution in [0.3, 0.4) is 0 Å². The van der Waals surface area contributed by atoms with Crippen molar-refractivity contribution in [3.63, 3.8) is 0 Å². The van der Waals surface area contributed by atoms with E-state index in [1.54, 1.807) is 13.2 Å². The first-order valence-corrected chi connectivity index (χ1v) is 6.97. The fraction of sp³-hybridized carbons (Fsp3) is 0.400. The van der Waals surface area contributed by atoms with Crippen molar-refractivity contribution in [2.24, 2.45) is 5.10 Å². The quantitative estimate of drug-likeness (QED) is 0.505. The molecule has 21 heavy (non-hydrogen) atoms. The Labute approximate surface area is 124 Å². The van der Waals surface area contributed by atoms with Gasteiger partial charge in [0.1, 0.15) is 11.8 Å². The van der Waals surface area contributed by atoms with Crippen LogP contribution in [0.5, 0.6) is 5.75 Å². The summed E-state index contributed by atoms with van der Waals surface area (Å²) in [6, 6.07) is 9.31. The number of rotatable bonds is 4. The number of benzene rings is 1. The van der Waals surface area contributed by atoms with E-state index in [4.69, 9.17) is 10.1 Å². The number of likely N-dealkylation sites (tertiary alicyclic amines) is 1. The first kappa shape index (κ1) is 14.9. The topological polar surface area (TPSA) is 84.5 Å². The van der Waals surface area contributed by atoms with Gasteiger partial charge in [-0.15, -0.1) is 0 Å². The monoisotopic (exact) mass is 285 g/mol. The molecule has 110 valence electrons. The largest absolute Gasteiger partial charge is 0.495 e. The van der Waals surface area contributed by atoms with E-state index < -0.39 is 0 Å². The number of nitrogens with zero attached hydrogens (tertiary/aromatic N) is 3. The fourth-order valence-electron chi connectivity index (χ4n) is 2.25. The third kappa shape index (κ3) is 3.72. The van der Waals surface area contributed by atoms with Gasteiger partial charge >= 0.3 is 0 Å². The normalized spacial score (nSPS) is 15.2. The van der Waals surface area contributed by atoms with Crippen LogP contribution in [0.15, 0.2) is 29.4 Å². The summed E-state index contributed by atoms with van der Waals surface area (Å²) < 4.78 is 5.21. The zero-order valence-corrected chi connectivity index (χ0v) is 12.1. The summed E-state index contributed by atoms with van der Waals surface area (Å²) in [5.41, 5.74) is 3.56. The molecule has 6 heteroatoms. The Morgan fingerprint density at radius 2 is 2.05 bits per heavy atom. The number of nitrogens with one attached hydrogen (secondary N) is 2. The van der Waals surface area contributed by atoms with Gasteiger partial charge in [-0.2, -0.15) is 10.4 Å². The van der Waals surface area contributed by atoms with Gasteiger partial charge in [0.15, 0.2) is 5.84 Å². The van der Waals surface area contributed by atoms with E-state index in [0.717, 1.165) is 25.9 Å². The number of methoxy groups -OCH3 is 1. The molecule has 1 fully saturated rings. The van der Waals surface area contributed by atoms with Crippen molar-refractivity contribution in [1.29, 1.82) is 10.7 Å². The summed E-state index contributed by atoms with van der Waals surface area (Å²) in [6.45, 7) is 1.63. The highest BCUT2D eigenvalue weighted by Crippen LogP contribution is 2.22. The molecular weight excluding hydrogens is 266 g/mol. The first-order valence-electron chi connectivity index (χ1n) is 6.97. The lowest BCUT2D eigenvalue weighted by Crippen LogP contribution is -2.39. The number of piperidine rings is 1. The highest BCUT2D eigenvalue weighted by atomic mass is 16.5. The molecule has 0 aliphatic carbocycles. The van der Waals surface area contributed by atoms with Gasteiger partial charge in [-0.3, -0.25) is 10.8 Å². The van der Waals surface area contributed by atoms with E-state index in [0.29, 0.717) is 11.4 Å². The van der Waals surface area contributed by atoms with Crippen molar-refractivity contribution in [1.82, 2.24) is 4.90 Å². The van der Waals surface area contributed by atoms with Crippen molar-refractivity contribution in [2.45, 2.75) is 19.3 Å². The van der Waals surface area contributed by atoms with Gasteiger partial charge in [0.05, 0.1) is 12.8 Å². The summed E-state index contributed by atoms with van der Waals surface area (Å²) in [7, 11) is 1.57. The van der Waals surface area contributed by atoms with Crippen LogP contribution in [0.4, 0.5) is 5.69 Å². The molecule has 1 heterocycles. The predicted molar refractivity (Wildman–Crippen MR) is 82.8 cm³/mol. The van der Waals surface area contributed by atoms with Crippen LogP contribution in [0.1, 0.15) is 19.3 Å². The predicted octanol–water partition coefficient (Wildman–Crippen LogP) is 2.45. The third-order valence-corrected chi connectivity index (χ3v) is 3.40. The number of hydrogen-bond donors (Lipinski definition) is 2. The lowest BCUT2D eigenvalue weighted by atomic mass is 10.1. The van der Waals surface area contributed by atoms with Crippen LogP contribution < -0.4 is 10.2 Å². The number of anilines is 1. The summed E-state index contributed by atoms with van der Waals surface area (Å²) >= 11 is 0. The van der Waals surface area contributed by atoms with Gasteiger partial charge in [0, 0.05) is 13.1 Å². The highest BCUT2D eigenvalue weighted by Gasteiger charge is 2.18. The van der Waals surface area contributed by atoms with Crippen LogP contribution in [0, 0.1) is 16.7 Å². The Kier molecular flexibility index (Phi) is 5.16. The standard InChI is InChI=1S/C15H19N5O/c1-21-14-8-4-3-7-12(14)18-19-13(11-16)15(17)20-9-5-2-6-10-20/h3-4,7-8,17-18H,2,5-6,9-10H2,1H3/b17-15?,19-13-. The maximum atomic E-state index is 9.21. The molecule has 0 atom stereocenters. The molecule has 0 radical (unpaired) electrons. The van der Waals surface area contributed by atoms with E-state index in [1.165, 1.54) is 6.42 Å². The van der Waals surface area contributed by atoms with Crippen LogP contribution >= 0.6 is 0 Å². The second-order valence-corrected chi connectivity index (χ2v) is 4.78. The Bertz CT molecular complexity index is 570. The van der Waals surface area contributed by atoms with E-state index >= 15 is 0 Å². The molecule has 0 saturated carbocycles. The zero-order valence-electron chi connectivity index (χ0n) is 12.1. The Balaban J connectivity index is 2.10. The summed E-state index contributed by atoms with van der Waals surface area (Å²) in [5, 5.41) is 21.4. The molecule has 0 unspecified atom stereocenters. The summed E-state index contributed by atoms with van der Waals surface area (Å²) in [4.78, 5) is 1.90. The van der Waals surface area contributed by atoms with Gasteiger partial charge in [0.2, 0.25) is 5.71 Å². The van der Waals surface area contributed by atoms with Gasteiger partial charge in [0.25, 0.3) is 0 Å². The maximum Gasteiger partial charge on any atom is 0.202 e. The molecule has 1 saturated heterocycles. The van der Waals surface area contributed by atoms with E-state index in [9.17, 15) is 5.26 Å². The molecule has 2 rings (SSSR count). The van der Waals surface area contributed by atoms with Crippen LogP contribution in [0.25, 0.3) is 0 Å². The summed E-state index contributed by atoms with van der Waals surface area (Å²) in [6.07, 6.45) is 3.30. The minimum absolute atomic E-state index is 0.0859. The molecule has 1 aromatic carbocycles.